The van der Waals surface area contributed by atoms with Crippen LogP contribution in [0.15, 0.2) is 0 Å². The van der Waals surface area contributed by atoms with Crippen LogP contribution in [0.2, 0.25) is 0 Å². The molecule has 0 amide bonds. The van der Waals surface area contributed by atoms with E-state index in [2.05, 4.69) is 6.92 Å². The summed E-state index contributed by atoms with van der Waals surface area (Å²) in [5.41, 5.74) is 0. The van der Waals surface area contributed by atoms with E-state index in [4.69, 9.17) is 0 Å². The smallest absolute Gasteiger partial charge is 0.212 e. The van der Waals surface area contributed by atoms with Crippen LogP contribution < -0.4 is 0 Å². The van der Waals surface area contributed by atoms with Crippen molar-refractivity contribution < 1.29 is 8.42 Å². The molecule has 4 heteroatoms. The summed E-state index contributed by atoms with van der Waals surface area (Å²) in [5, 5.41) is 0. The van der Waals surface area contributed by atoms with Crippen molar-refractivity contribution in [2.75, 3.05) is 19.3 Å². The first-order valence-corrected chi connectivity index (χ1v) is 6.02. The molecule has 1 aliphatic carbocycles. The quantitative estimate of drug-likeness (QED) is 0.662. The van der Waals surface area contributed by atoms with E-state index in [0.717, 1.165) is 5.92 Å². The first-order valence-electron chi connectivity index (χ1n) is 4.41. The van der Waals surface area contributed by atoms with Crippen molar-refractivity contribution in [3.8, 4) is 0 Å². The standard InChI is InChI=1S/C8H17NO2S/c1-4-12(10,11)9(3)6-8-5-7(8)2/h7-8H,4-6H2,1-3H3. The predicted octanol–water partition coefficient (Wildman–Crippen LogP) is 0.924. The Morgan fingerprint density at radius 2 is 2.00 bits per heavy atom. The second-order valence-corrected chi connectivity index (χ2v) is 6.02. The Kier molecular flexibility index (Phi) is 2.78. The molecule has 2 unspecified atom stereocenters. The van der Waals surface area contributed by atoms with E-state index in [1.165, 1.54) is 10.7 Å². The average Bonchev–Trinajstić information content (AvgIpc) is 2.66. The van der Waals surface area contributed by atoms with Gasteiger partial charge in [-0.3, -0.25) is 0 Å². The van der Waals surface area contributed by atoms with Crippen molar-refractivity contribution in [3.05, 3.63) is 0 Å². The molecule has 1 aliphatic rings. The molecule has 0 spiro atoms. The fourth-order valence-corrected chi connectivity index (χ4v) is 2.18. The van der Waals surface area contributed by atoms with E-state index < -0.39 is 10.0 Å². The van der Waals surface area contributed by atoms with Gasteiger partial charge in [0.2, 0.25) is 10.0 Å². The highest BCUT2D eigenvalue weighted by molar-refractivity contribution is 7.89. The lowest BCUT2D eigenvalue weighted by molar-refractivity contribution is 0.445. The van der Waals surface area contributed by atoms with Gasteiger partial charge < -0.3 is 0 Å². The Balaban J connectivity index is 2.43. The molecule has 1 rings (SSSR count). The van der Waals surface area contributed by atoms with Crippen molar-refractivity contribution in [2.24, 2.45) is 11.8 Å². The minimum absolute atomic E-state index is 0.213. The van der Waals surface area contributed by atoms with E-state index in [1.54, 1.807) is 14.0 Å². The summed E-state index contributed by atoms with van der Waals surface area (Å²) in [4.78, 5) is 0. The highest BCUT2D eigenvalue weighted by atomic mass is 32.2. The maximum atomic E-state index is 11.3. The van der Waals surface area contributed by atoms with E-state index in [-0.39, 0.29) is 5.75 Å². The third kappa shape index (κ3) is 2.20. The lowest BCUT2D eigenvalue weighted by Crippen LogP contribution is -2.30. The van der Waals surface area contributed by atoms with E-state index >= 15 is 0 Å². The van der Waals surface area contributed by atoms with Crippen LogP contribution in [0.5, 0.6) is 0 Å². The van der Waals surface area contributed by atoms with Gasteiger partial charge in [0.05, 0.1) is 5.75 Å². The Labute approximate surface area is 74.8 Å². The van der Waals surface area contributed by atoms with Gasteiger partial charge in [-0.1, -0.05) is 6.92 Å². The van der Waals surface area contributed by atoms with Crippen LogP contribution in [-0.2, 0) is 10.0 Å². The number of rotatable bonds is 4. The third-order valence-electron chi connectivity index (χ3n) is 2.61. The maximum Gasteiger partial charge on any atom is 0.213 e. The van der Waals surface area contributed by atoms with Crippen molar-refractivity contribution in [1.82, 2.24) is 4.31 Å². The molecule has 0 aliphatic heterocycles. The maximum absolute atomic E-state index is 11.3. The van der Waals surface area contributed by atoms with Crippen molar-refractivity contribution in [1.29, 1.82) is 0 Å². The molecule has 0 aromatic rings. The zero-order valence-electron chi connectivity index (χ0n) is 7.95. The van der Waals surface area contributed by atoms with Crippen LogP contribution in [0.1, 0.15) is 20.3 Å². The van der Waals surface area contributed by atoms with Crippen LogP contribution in [0.3, 0.4) is 0 Å². The van der Waals surface area contributed by atoms with Crippen LogP contribution in [-0.4, -0.2) is 32.1 Å². The molecule has 0 N–H and O–H groups in total. The summed E-state index contributed by atoms with van der Waals surface area (Å²) in [6.45, 7) is 4.55. The second-order valence-electron chi connectivity index (χ2n) is 3.65. The van der Waals surface area contributed by atoms with Gasteiger partial charge in [-0.25, -0.2) is 12.7 Å². The Hall–Kier alpha value is -0.0900. The molecule has 0 saturated heterocycles. The predicted molar refractivity (Wildman–Crippen MR) is 49.4 cm³/mol. The Morgan fingerprint density at radius 1 is 1.50 bits per heavy atom. The Bertz CT molecular complexity index is 248. The van der Waals surface area contributed by atoms with Crippen molar-refractivity contribution in [2.45, 2.75) is 20.3 Å². The van der Waals surface area contributed by atoms with Crippen LogP contribution in [0, 0.1) is 11.8 Å². The molecule has 72 valence electrons. The molecule has 0 radical (unpaired) electrons. The zero-order chi connectivity index (χ0) is 9.35. The molecular weight excluding hydrogens is 174 g/mol. The number of sulfonamides is 1. The lowest BCUT2D eigenvalue weighted by Gasteiger charge is -2.15. The van der Waals surface area contributed by atoms with E-state index in [0.29, 0.717) is 12.5 Å². The van der Waals surface area contributed by atoms with E-state index in [9.17, 15) is 8.42 Å². The normalized spacial score (nSPS) is 29.3. The molecule has 12 heavy (non-hydrogen) atoms. The average molecular weight is 191 g/mol. The molecule has 0 aromatic heterocycles. The van der Waals surface area contributed by atoms with Crippen LogP contribution >= 0.6 is 0 Å². The fourth-order valence-electron chi connectivity index (χ4n) is 1.32. The minimum Gasteiger partial charge on any atom is -0.212 e. The van der Waals surface area contributed by atoms with Gasteiger partial charge in [-0.15, -0.1) is 0 Å². The van der Waals surface area contributed by atoms with Crippen LogP contribution in [0.25, 0.3) is 0 Å². The van der Waals surface area contributed by atoms with Gasteiger partial charge in [0.1, 0.15) is 0 Å². The van der Waals surface area contributed by atoms with Gasteiger partial charge in [-0.2, -0.15) is 0 Å². The molecule has 0 bridgehead atoms. The molecule has 3 nitrogen and oxygen atoms in total. The largest absolute Gasteiger partial charge is 0.213 e. The molecule has 0 aromatic carbocycles. The first-order chi connectivity index (χ1) is 5.47. The summed E-state index contributed by atoms with van der Waals surface area (Å²) >= 11 is 0. The van der Waals surface area contributed by atoms with Gasteiger partial charge in [0.25, 0.3) is 0 Å². The second kappa shape index (κ2) is 3.34. The zero-order valence-corrected chi connectivity index (χ0v) is 8.76. The van der Waals surface area contributed by atoms with Gasteiger partial charge in [-0.05, 0) is 25.2 Å². The van der Waals surface area contributed by atoms with Gasteiger partial charge in [0, 0.05) is 13.6 Å². The fraction of sp³-hybridized carbons (Fsp3) is 1.00. The summed E-state index contributed by atoms with van der Waals surface area (Å²) < 4.78 is 24.1. The SMILES string of the molecule is CCS(=O)(=O)N(C)CC1CC1C. The van der Waals surface area contributed by atoms with Crippen LogP contribution in [0.4, 0.5) is 0 Å². The Morgan fingerprint density at radius 3 is 2.33 bits per heavy atom. The summed E-state index contributed by atoms with van der Waals surface area (Å²) in [7, 11) is -1.27. The minimum atomic E-state index is -2.94. The van der Waals surface area contributed by atoms with Gasteiger partial charge in [0.15, 0.2) is 0 Å². The highest BCUT2D eigenvalue weighted by Crippen LogP contribution is 2.38. The van der Waals surface area contributed by atoms with Crippen molar-refractivity contribution >= 4 is 10.0 Å². The number of nitrogens with zero attached hydrogens (tertiary/aromatic N) is 1. The number of hydrogen-bond donors (Lipinski definition) is 0. The first kappa shape index (κ1) is 9.99. The molecular formula is C8H17NO2S. The van der Waals surface area contributed by atoms with Gasteiger partial charge >= 0.3 is 0 Å². The molecule has 2 atom stereocenters. The summed E-state index contributed by atoms with van der Waals surface area (Å²) in [6.07, 6.45) is 1.18. The summed E-state index contributed by atoms with van der Waals surface area (Å²) in [6, 6.07) is 0. The highest BCUT2D eigenvalue weighted by Gasteiger charge is 2.35. The monoisotopic (exact) mass is 191 g/mol. The topological polar surface area (TPSA) is 37.4 Å². The summed E-state index contributed by atoms with van der Waals surface area (Å²) in [5.74, 6) is 1.54. The third-order valence-corrected chi connectivity index (χ3v) is 4.44. The van der Waals surface area contributed by atoms with E-state index in [1.807, 2.05) is 0 Å². The molecule has 1 saturated carbocycles. The molecule has 1 fully saturated rings. The lowest BCUT2D eigenvalue weighted by atomic mass is 10.3. The molecule has 0 heterocycles. The number of hydrogen-bond acceptors (Lipinski definition) is 2. The van der Waals surface area contributed by atoms with Crippen molar-refractivity contribution in [3.63, 3.8) is 0 Å².